The summed E-state index contributed by atoms with van der Waals surface area (Å²) in [6, 6.07) is 9.42. The van der Waals surface area contributed by atoms with E-state index in [4.69, 9.17) is 4.74 Å². The zero-order chi connectivity index (χ0) is 16.1. The number of rotatable bonds is 6. The second-order valence-electron chi connectivity index (χ2n) is 5.06. The molecule has 0 saturated carbocycles. The SMILES string of the molecule is OC(COc1ccc(F)cc1)Cn1ccnc1-c1ccncc1. The summed E-state index contributed by atoms with van der Waals surface area (Å²) in [6.07, 6.45) is 6.17. The molecule has 5 nitrogen and oxygen atoms in total. The Balaban J connectivity index is 1.61. The van der Waals surface area contributed by atoms with Crippen LogP contribution >= 0.6 is 0 Å². The first-order valence-corrected chi connectivity index (χ1v) is 7.20. The number of aliphatic hydroxyl groups excluding tert-OH is 1. The van der Waals surface area contributed by atoms with E-state index in [0.717, 1.165) is 11.4 Å². The highest BCUT2D eigenvalue weighted by Gasteiger charge is 2.11. The van der Waals surface area contributed by atoms with Crippen LogP contribution in [0.1, 0.15) is 0 Å². The number of benzene rings is 1. The van der Waals surface area contributed by atoms with Gasteiger partial charge >= 0.3 is 0 Å². The molecule has 0 spiro atoms. The topological polar surface area (TPSA) is 60.2 Å². The monoisotopic (exact) mass is 313 g/mol. The Morgan fingerprint density at radius 3 is 2.57 bits per heavy atom. The van der Waals surface area contributed by atoms with Gasteiger partial charge in [0.05, 0.1) is 6.54 Å². The van der Waals surface area contributed by atoms with E-state index in [0.29, 0.717) is 12.3 Å². The lowest BCUT2D eigenvalue weighted by atomic mass is 10.2. The van der Waals surface area contributed by atoms with Crippen LogP contribution in [-0.2, 0) is 6.54 Å². The van der Waals surface area contributed by atoms with Crippen molar-refractivity contribution in [3.8, 4) is 17.1 Å². The molecule has 3 aromatic rings. The Hall–Kier alpha value is -2.73. The highest BCUT2D eigenvalue weighted by atomic mass is 19.1. The number of aromatic nitrogens is 3. The van der Waals surface area contributed by atoms with Crippen LogP contribution in [0.2, 0.25) is 0 Å². The molecular formula is C17H16FN3O2. The molecule has 0 aliphatic rings. The maximum absolute atomic E-state index is 12.8. The minimum Gasteiger partial charge on any atom is -0.491 e. The fraction of sp³-hybridized carbons (Fsp3) is 0.176. The molecule has 118 valence electrons. The summed E-state index contributed by atoms with van der Waals surface area (Å²) in [4.78, 5) is 8.29. The molecule has 2 aromatic heterocycles. The van der Waals surface area contributed by atoms with Gasteiger partial charge in [0.25, 0.3) is 0 Å². The summed E-state index contributed by atoms with van der Waals surface area (Å²) in [5.41, 5.74) is 0.927. The van der Waals surface area contributed by atoms with Crippen LogP contribution in [0.25, 0.3) is 11.4 Å². The lowest BCUT2D eigenvalue weighted by Gasteiger charge is -2.15. The van der Waals surface area contributed by atoms with Crippen LogP contribution in [0, 0.1) is 5.82 Å². The lowest BCUT2D eigenvalue weighted by molar-refractivity contribution is 0.0928. The van der Waals surface area contributed by atoms with E-state index in [1.807, 2.05) is 16.7 Å². The van der Waals surface area contributed by atoms with Gasteiger partial charge in [-0.3, -0.25) is 4.98 Å². The van der Waals surface area contributed by atoms with Crippen molar-refractivity contribution in [1.29, 1.82) is 0 Å². The number of aliphatic hydroxyl groups is 1. The molecule has 1 atom stereocenters. The fourth-order valence-electron chi connectivity index (χ4n) is 2.22. The van der Waals surface area contributed by atoms with E-state index in [1.165, 1.54) is 24.3 Å². The van der Waals surface area contributed by atoms with Crippen molar-refractivity contribution < 1.29 is 14.2 Å². The van der Waals surface area contributed by atoms with Crippen molar-refractivity contribution in [3.05, 3.63) is 67.0 Å². The molecule has 0 saturated heterocycles. The Morgan fingerprint density at radius 2 is 1.83 bits per heavy atom. The highest BCUT2D eigenvalue weighted by Crippen LogP contribution is 2.17. The number of pyridine rings is 1. The molecule has 2 heterocycles. The quantitative estimate of drug-likeness (QED) is 0.759. The van der Waals surface area contributed by atoms with Gasteiger partial charge in [0.15, 0.2) is 0 Å². The van der Waals surface area contributed by atoms with Crippen LogP contribution in [0.15, 0.2) is 61.2 Å². The number of nitrogens with zero attached hydrogens (tertiary/aromatic N) is 3. The first kappa shape index (κ1) is 15.2. The largest absolute Gasteiger partial charge is 0.491 e. The summed E-state index contributed by atoms with van der Waals surface area (Å²) in [5.74, 6) is 0.956. The summed E-state index contributed by atoms with van der Waals surface area (Å²) in [6.45, 7) is 0.457. The average molecular weight is 313 g/mol. The van der Waals surface area contributed by atoms with Gasteiger partial charge in [-0.2, -0.15) is 0 Å². The number of imidazole rings is 1. The number of halogens is 1. The Morgan fingerprint density at radius 1 is 1.09 bits per heavy atom. The van der Waals surface area contributed by atoms with Gasteiger partial charge < -0.3 is 14.4 Å². The zero-order valence-corrected chi connectivity index (χ0v) is 12.3. The first-order valence-electron chi connectivity index (χ1n) is 7.20. The fourth-order valence-corrected chi connectivity index (χ4v) is 2.22. The second kappa shape index (κ2) is 7.02. The van der Waals surface area contributed by atoms with Crippen molar-refractivity contribution in [2.24, 2.45) is 0 Å². The third-order valence-electron chi connectivity index (χ3n) is 3.32. The summed E-state index contributed by atoms with van der Waals surface area (Å²) < 4.78 is 20.1. The smallest absolute Gasteiger partial charge is 0.140 e. The van der Waals surface area contributed by atoms with Crippen LogP contribution in [0.3, 0.4) is 0 Å². The van der Waals surface area contributed by atoms with E-state index >= 15 is 0 Å². The zero-order valence-electron chi connectivity index (χ0n) is 12.3. The van der Waals surface area contributed by atoms with E-state index in [-0.39, 0.29) is 12.4 Å². The molecule has 1 N–H and O–H groups in total. The van der Waals surface area contributed by atoms with Gasteiger partial charge in [0.1, 0.15) is 30.1 Å². The predicted molar refractivity (Wildman–Crippen MR) is 83.4 cm³/mol. The molecule has 0 fully saturated rings. The average Bonchev–Trinajstić information content (AvgIpc) is 3.03. The molecule has 0 radical (unpaired) electrons. The van der Waals surface area contributed by atoms with E-state index in [1.54, 1.807) is 24.8 Å². The Kier molecular flexibility index (Phi) is 4.63. The molecular weight excluding hydrogens is 297 g/mol. The van der Waals surface area contributed by atoms with Gasteiger partial charge in [-0.1, -0.05) is 0 Å². The van der Waals surface area contributed by atoms with Crippen molar-refractivity contribution in [2.75, 3.05) is 6.61 Å². The van der Waals surface area contributed by atoms with Crippen LogP contribution < -0.4 is 4.74 Å². The molecule has 0 bridgehead atoms. The molecule has 0 aliphatic carbocycles. The Bertz CT molecular complexity index is 744. The number of ether oxygens (including phenoxy) is 1. The number of hydrogen-bond donors (Lipinski definition) is 1. The summed E-state index contributed by atoms with van der Waals surface area (Å²) in [7, 11) is 0. The molecule has 6 heteroatoms. The van der Waals surface area contributed by atoms with Crippen LogP contribution in [-0.4, -0.2) is 32.4 Å². The third-order valence-corrected chi connectivity index (χ3v) is 3.32. The minimum atomic E-state index is -0.713. The second-order valence-corrected chi connectivity index (χ2v) is 5.06. The van der Waals surface area contributed by atoms with E-state index in [2.05, 4.69) is 9.97 Å². The van der Waals surface area contributed by atoms with Gasteiger partial charge in [-0.05, 0) is 36.4 Å². The molecule has 0 amide bonds. The maximum atomic E-state index is 12.8. The van der Waals surface area contributed by atoms with Crippen molar-refractivity contribution >= 4 is 0 Å². The van der Waals surface area contributed by atoms with E-state index < -0.39 is 6.10 Å². The third kappa shape index (κ3) is 3.92. The summed E-state index contributed by atoms with van der Waals surface area (Å²) >= 11 is 0. The van der Waals surface area contributed by atoms with Gasteiger partial charge in [-0.25, -0.2) is 9.37 Å². The van der Waals surface area contributed by atoms with Crippen molar-refractivity contribution in [1.82, 2.24) is 14.5 Å². The van der Waals surface area contributed by atoms with Gasteiger partial charge in [0.2, 0.25) is 0 Å². The Labute approximate surface area is 133 Å². The minimum absolute atomic E-state index is 0.111. The first-order chi connectivity index (χ1) is 11.2. The maximum Gasteiger partial charge on any atom is 0.140 e. The highest BCUT2D eigenvalue weighted by molar-refractivity contribution is 5.54. The normalized spacial score (nSPS) is 12.1. The molecule has 1 aromatic carbocycles. The molecule has 1 unspecified atom stereocenters. The van der Waals surface area contributed by atoms with Crippen LogP contribution in [0.5, 0.6) is 5.75 Å². The molecule has 23 heavy (non-hydrogen) atoms. The standard InChI is InChI=1S/C17H16FN3O2/c18-14-1-3-16(4-2-14)23-12-15(22)11-21-10-9-20-17(21)13-5-7-19-8-6-13/h1-10,15,22H,11-12H2. The van der Waals surface area contributed by atoms with E-state index in [9.17, 15) is 9.50 Å². The molecule has 3 rings (SSSR count). The van der Waals surface area contributed by atoms with Crippen molar-refractivity contribution in [3.63, 3.8) is 0 Å². The van der Waals surface area contributed by atoms with Gasteiger partial charge in [0, 0.05) is 30.4 Å². The predicted octanol–water partition coefficient (Wildman–Crippen LogP) is 2.52. The molecule has 0 aliphatic heterocycles. The van der Waals surface area contributed by atoms with Crippen molar-refractivity contribution in [2.45, 2.75) is 12.6 Å². The number of hydrogen-bond acceptors (Lipinski definition) is 4. The van der Waals surface area contributed by atoms with Crippen LogP contribution in [0.4, 0.5) is 4.39 Å². The van der Waals surface area contributed by atoms with Gasteiger partial charge in [-0.15, -0.1) is 0 Å². The summed E-state index contributed by atoms with van der Waals surface area (Å²) in [5, 5.41) is 10.1. The lowest BCUT2D eigenvalue weighted by Crippen LogP contribution is -2.23.